The molecule has 2 aliphatic rings. The van der Waals surface area contributed by atoms with Crippen LogP contribution >= 0.6 is 11.3 Å². The lowest BCUT2D eigenvalue weighted by Gasteiger charge is -2.18. The van der Waals surface area contributed by atoms with E-state index in [0.29, 0.717) is 27.8 Å². The summed E-state index contributed by atoms with van der Waals surface area (Å²) in [6.07, 6.45) is 6.39. The number of hydrogen-bond acceptors (Lipinski definition) is 7. The molecule has 3 aromatic rings. The van der Waals surface area contributed by atoms with Gasteiger partial charge in [-0.2, -0.15) is 0 Å². The van der Waals surface area contributed by atoms with Crippen molar-refractivity contribution in [3.05, 3.63) is 55.8 Å². The number of anilines is 1. The van der Waals surface area contributed by atoms with E-state index in [1.54, 1.807) is 19.1 Å². The number of hydrogen-bond donors (Lipinski definition) is 1. The van der Waals surface area contributed by atoms with E-state index in [2.05, 4.69) is 12.2 Å². The quantitative estimate of drug-likeness (QED) is 0.380. The van der Waals surface area contributed by atoms with E-state index in [1.807, 2.05) is 6.07 Å². The molecule has 0 bridgehead atoms. The van der Waals surface area contributed by atoms with Crippen molar-refractivity contribution < 1.29 is 23.5 Å². The van der Waals surface area contributed by atoms with Gasteiger partial charge in [-0.1, -0.05) is 6.92 Å². The van der Waals surface area contributed by atoms with Crippen LogP contribution in [0.3, 0.4) is 0 Å². The van der Waals surface area contributed by atoms with Crippen LogP contribution in [0.5, 0.6) is 5.75 Å². The van der Waals surface area contributed by atoms with E-state index in [0.717, 1.165) is 71.9 Å². The first-order valence-corrected chi connectivity index (χ1v) is 13.1. The standard InChI is InChI=1S/C27H29NO6S/c1-3-32-27(31)24-20-10-8-15(2)12-22(20)35-25(24)28-23(29)14-33-16-9-11-18-17-6-4-5-7-19(17)26(30)34-21(18)13-16/h9,11,13,15H,3-8,10,12,14H2,1-2H3,(H,28,29). The molecule has 1 N–H and O–H groups in total. The summed E-state index contributed by atoms with van der Waals surface area (Å²) in [7, 11) is 0. The molecule has 0 radical (unpaired) electrons. The second kappa shape index (κ2) is 9.85. The third-order valence-corrected chi connectivity index (χ3v) is 7.98. The van der Waals surface area contributed by atoms with E-state index in [1.165, 1.54) is 11.3 Å². The second-order valence-corrected chi connectivity index (χ2v) is 10.4. The molecule has 8 heteroatoms. The molecule has 0 saturated carbocycles. The fraction of sp³-hybridized carbons (Fsp3) is 0.444. The van der Waals surface area contributed by atoms with Gasteiger partial charge >= 0.3 is 11.6 Å². The SMILES string of the molecule is CCOC(=O)c1c(NC(=O)COc2ccc3c4c(c(=O)oc3c2)CCCC4)sc2c1CCC(C)C2. The van der Waals surface area contributed by atoms with Gasteiger partial charge in [0.05, 0.1) is 12.2 Å². The number of ether oxygens (including phenoxy) is 2. The summed E-state index contributed by atoms with van der Waals surface area (Å²) < 4.78 is 16.5. The molecule has 2 heterocycles. The lowest BCUT2D eigenvalue weighted by atomic mass is 9.88. The Morgan fingerprint density at radius 3 is 2.74 bits per heavy atom. The molecule has 5 rings (SSSR count). The highest BCUT2D eigenvalue weighted by Gasteiger charge is 2.29. The van der Waals surface area contributed by atoms with Gasteiger partial charge in [-0.3, -0.25) is 4.79 Å². The minimum atomic E-state index is -0.399. The number of esters is 1. The smallest absolute Gasteiger partial charge is 0.341 e. The Morgan fingerprint density at radius 2 is 1.94 bits per heavy atom. The topological polar surface area (TPSA) is 94.8 Å². The molecule has 35 heavy (non-hydrogen) atoms. The number of aryl methyl sites for hydroxylation is 1. The van der Waals surface area contributed by atoms with Crippen LogP contribution in [0.1, 0.15) is 65.0 Å². The number of rotatable bonds is 6. The predicted molar refractivity (Wildman–Crippen MR) is 135 cm³/mol. The number of thiophene rings is 1. The van der Waals surface area contributed by atoms with Gasteiger partial charge in [-0.15, -0.1) is 11.3 Å². The van der Waals surface area contributed by atoms with E-state index in [4.69, 9.17) is 13.9 Å². The van der Waals surface area contributed by atoms with Crippen LogP contribution in [0, 0.1) is 5.92 Å². The highest BCUT2D eigenvalue weighted by atomic mass is 32.1. The maximum Gasteiger partial charge on any atom is 0.341 e. The largest absolute Gasteiger partial charge is 0.484 e. The molecule has 1 atom stereocenters. The number of nitrogens with one attached hydrogen (secondary N) is 1. The first-order valence-electron chi connectivity index (χ1n) is 12.3. The van der Waals surface area contributed by atoms with Crippen LogP contribution in [0.4, 0.5) is 5.00 Å². The minimum Gasteiger partial charge on any atom is -0.484 e. The van der Waals surface area contributed by atoms with Gasteiger partial charge in [-0.25, -0.2) is 9.59 Å². The summed E-state index contributed by atoms with van der Waals surface area (Å²) in [5, 5.41) is 4.30. The molecule has 7 nitrogen and oxygen atoms in total. The van der Waals surface area contributed by atoms with Gasteiger partial charge < -0.3 is 19.2 Å². The van der Waals surface area contributed by atoms with Gasteiger partial charge in [0.25, 0.3) is 5.91 Å². The Kier molecular flexibility index (Phi) is 6.65. The number of carbonyl (C=O) groups excluding carboxylic acids is 2. The van der Waals surface area contributed by atoms with Crippen molar-refractivity contribution in [2.24, 2.45) is 5.92 Å². The monoisotopic (exact) mass is 495 g/mol. The second-order valence-electron chi connectivity index (χ2n) is 9.32. The third kappa shape index (κ3) is 4.72. The zero-order valence-corrected chi connectivity index (χ0v) is 20.8. The van der Waals surface area contributed by atoms with Crippen LogP contribution in [0.2, 0.25) is 0 Å². The fourth-order valence-electron chi connectivity index (χ4n) is 5.09. The molecule has 2 aromatic heterocycles. The van der Waals surface area contributed by atoms with Crippen LogP contribution in [-0.2, 0) is 35.2 Å². The zero-order valence-electron chi connectivity index (χ0n) is 20.0. The molecule has 2 aliphatic carbocycles. The average Bonchev–Trinajstić information content (AvgIpc) is 3.19. The van der Waals surface area contributed by atoms with E-state index in [-0.39, 0.29) is 24.7 Å². The lowest BCUT2D eigenvalue weighted by molar-refractivity contribution is -0.118. The van der Waals surface area contributed by atoms with Gasteiger partial charge in [-0.05, 0) is 81.0 Å². The molecular formula is C27H29NO6S. The molecule has 1 amide bonds. The number of carbonyl (C=O) groups is 2. The summed E-state index contributed by atoms with van der Waals surface area (Å²) in [4.78, 5) is 38.9. The van der Waals surface area contributed by atoms with E-state index >= 15 is 0 Å². The summed E-state index contributed by atoms with van der Waals surface area (Å²) in [5.41, 5.74) is 3.50. The Hall–Kier alpha value is -3.13. The van der Waals surface area contributed by atoms with Gasteiger partial charge in [0, 0.05) is 21.9 Å². The van der Waals surface area contributed by atoms with Crippen molar-refractivity contribution in [1.82, 2.24) is 0 Å². The molecule has 0 aliphatic heterocycles. The molecule has 0 spiro atoms. The Bertz CT molecular complexity index is 1350. The summed E-state index contributed by atoms with van der Waals surface area (Å²) in [5.74, 6) is 0.218. The van der Waals surface area contributed by atoms with Crippen LogP contribution in [0.25, 0.3) is 11.0 Å². The van der Waals surface area contributed by atoms with Crippen molar-refractivity contribution in [2.45, 2.75) is 58.8 Å². The van der Waals surface area contributed by atoms with Crippen LogP contribution < -0.4 is 15.7 Å². The molecule has 1 unspecified atom stereocenters. The normalized spacial score (nSPS) is 16.9. The summed E-state index contributed by atoms with van der Waals surface area (Å²) >= 11 is 1.45. The number of amides is 1. The van der Waals surface area contributed by atoms with Crippen molar-refractivity contribution in [3.8, 4) is 5.75 Å². The van der Waals surface area contributed by atoms with Gasteiger partial charge in [0.2, 0.25) is 0 Å². The molecule has 184 valence electrons. The summed E-state index contributed by atoms with van der Waals surface area (Å²) in [6.45, 7) is 4.01. The average molecular weight is 496 g/mol. The Morgan fingerprint density at radius 1 is 1.14 bits per heavy atom. The highest BCUT2D eigenvalue weighted by molar-refractivity contribution is 7.17. The fourth-order valence-corrected chi connectivity index (χ4v) is 6.50. The van der Waals surface area contributed by atoms with Crippen LogP contribution in [0.15, 0.2) is 27.4 Å². The highest BCUT2D eigenvalue weighted by Crippen LogP contribution is 2.40. The predicted octanol–water partition coefficient (Wildman–Crippen LogP) is 5.05. The number of fused-ring (bicyclic) bond motifs is 4. The minimum absolute atomic E-state index is 0.234. The Labute approximate surface area is 207 Å². The van der Waals surface area contributed by atoms with Crippen molar-refractivity contribution >= 4 is 39.2 Å². The first-order chi connectivity index (χ1) is 16.9. The van der Waals surface area contributed by atoms with Gasteiger partial charge in [0.1, 0.15) is 16.3 Å². The zero-order chi connectivity index (χ0) is 24.5. The molecule has 0 saturated heterocycles. The first kappa shape index (κ1) is 23.6. The summed E-state index contributed by atoms with van der Waals surface area (Å²) in [6, 6.07) is 5.34. The van der Waals surface area contributed by atoms with Crippen LogP contribution in [-0.4, -0.2) is 25.1 Å². The van der Waals surface area contributed by atoms with E-state index in [9.17, 15) is 14.4 Å². The third-order valence-electron chi connectivity index (χ3n) is 6.81. The van der Waals surface area contributed by atoms with Crippen molar-refractivity contribution in [1.29, 1.82) is 0 Å². The molecule has 0 fully saturated rings. The Balaban J connectivity index is 1.32. The maximum absolute atomic E-state index is 12.7. The lowest BCUT2D eigenvalue weighted by Crippen LogP contribution is -2.21. The number of benzene rings is 1. The molecule has 1 aromatic carbocycles. The van der Waals surface area contributed by atoms with Crippen molar-refractivity contribution in [3.63, 3.8) is 0 Å². The van der Waals surface area contributed by atoms with Gasteiger partial charge in [0.15, 0.2) is 6.61 Å². The van der Waals surface area contributed by atoms with E-state index < -0.39 is 5.97 Å². The molecular weight excluding hydrogens is 466 g/mol. The van der Waals surface area contributed by atoms with Crippen molar-refractivity contribution in [2.75, 3.05) is 18.5 Å². The maximum atomic E-state index is 12.7.